The zero-order chi connectivity index (χ0) is 27.9. The quantitative estimate of drug-likeness (QED) is 0.304. The number of nitrogens with one attached hydrogen (secondary N) is 2. The van der Waals surface area contributed by atoms with Gasteiger partial charge in [-0.25, -0.2) is 0 Å². The van der Waals surface area contributed by atoms with E-state index in [2.05, 4.69) is 42.4 Å². The average molecular weight is 531 g/mol. The molecule has 1 saturated carbocycles. The van der Waals surface area contributed by atoms with Crippen LogP contribution in [0.2, 0.25) is 0 Å². The Morgan fingerprint density at radius 1 is 1.21 bits per heavy atom. The number of hydrogen-bond acceptors (Lipinski definition) is 5. The SMILES string of the molecule is C/C1=C\C(C)C/C=C/C2[C@@H](C(=O)/C=C/C(=O)[C@@H]1O)[C@](C)([C@H](Cc1c[nH]c3ccccc13)NC=O)C[C@@]1(C)O[C@@H]21. The summed E-state index contributed by atoms with van der Waals surface area (Å²) in [6, 6.07) is 7.66. The summed E-state index contributed by atoms with van der Waals surface area (Å²) in [5.41, 5.74) is 1.56. The summed E-state index contributed by atoms with van der Waals surface area (Å²) in [6.45, 7) is 7.92. The molecule has 7 nitrogen and oxygen atoms in total. The normalized spacial score (nSPS) is 38.6. The molecule has 1 aromatic carbocycles. The summed E-state index contributed by atoms with van der Waals surface area (Å²) in [5, 5.41) is 14.7. The smallest absolute Gasteiger partial charge is 0.207 e. The molecule has 2 aromatic rings. The molecular formula is C32H38N2O5. The largest absolute Gasteiger partial charge is 0.381 e. The average Bonchev–Trinajstić information content (AvgIpc) is 3.40. The second-order valence-corrected chi connectivity index (χ2v) is 12.1. The Kier molecular flexibility index (Phi) is 7.25. The molecule has 1 aliphatic heterocycles. The highest BCUT2D eigenvalue weighted by Crippen LogP contribution is 2.61. The second kappa shape index (κ2) is 10.4. The molecule has 206 valence electrons. The van der Waals surface area contributed by atoms with Crippen molar-refractivity contribution in [2.45, 2.75) is 70.8 Å². The number of aliphatic hydroxyl groups is 1. The first-order chi connectivity index (χ1) is 18.6. The van der Waals surface area contributed by atoms with E-state index in [0.29, 0.717) is 31.2 Å². The van der Waals surface area contributed by atoms with E-state index in [0.717, 1.165) is 16.5 Å². The monoisotopic (exact) mass is 530 g/mol. The number of ketones is 2. The van der Waals surface area contributed by atoms with Gasteiger partial charge in [0.15, 0.2) is 11.6 Å². The number of carbonyl (C=O) groups is 3. The topological polar surface area (TPSA) is 112 Å². The Morgan fingerprint density at radius 3 is 2.72 bits per heavy atom. The number of para-hydroxylation sites is 1. The lowest BCUT2D eigenvalue weighted by Crippen LogP contribution is -2.57. The number of carbonyl (C=O) groups excluding carboxylic acids is 3. The number of rotatable bonds is 5. The molecule has 0 spiro atoms. The number of aromatic amines is 1. The molecule has 2 unspecified atom stereocenters. The van der Waals surface area contributed by atoms with Crippen molar-refractivity contribution in [1.29, 1.82) is 0 Å². The Labute approximate surface area is 229 Å². The maximum absolute atomic E-state index is 14.0. The number of aliphatic hydroxyl groups excluding tert-OH is 1. The van der Waals surface area contributed by atoms with Gasteiger partial charge in [-0.3, -0.25) is 14.4 Å². The fourth-order valence-corrected chi connectivity index (χ4v) is 7.16. The summed E-state index contributed by atoms with van der Waals surface area (Å²) in [6.07, 6.45) is 11.7. The summed E-state index contributed by atoms with van der Waals surface area (Å²) in [4.78, 5) is 42.0. The molecule has 7 heteroatoms. The molecule has 0 radical (unpaired) electrons. The molecule has 0 bridgehead atoms. The standard InChI is InChI=1S/C32H38N2O5/c1-19-8-7-10-23-28(25(36)12-13-26(37)29(38)20(2)14-19)31(3,17-32(4)30(23)39-32)27(34-18-35)15-21-16-33-24-11-6-5-9-22(21)24/h5-7,9-14,16,18-19,23,27-30,33,38H,8,15,17H2,1-4H3,(H,34,35)/b10-7+,13-12+,20-14+/t19?,23?,27-,28-,29+,30-,31-,32+/m0/s1. The van der Waals surface area contributed by atoms with Crippen LogP contribution in [0.3, 0.4) is 0 Å². The lowest BCUT2D eigenvalue weighted by molar-refractivity contribution is -0.128. The number of allylic oxidation sites excluding steroid dienone is 3. The first kappa shape index (κ1) is 27.3. The molecule has 1 amide bonds. The van der Waals surface area contributed by atoms with Crippen molar-refractivity contribution >= 4 is 28.9 Å². The van der Waals surface area contributed by atoms with Crippen LogP contribution in [0.15, 0.2) is 66.4 Å². The van der Waals surface area contributed by atoms with Gasteiger partial charge in [0, 0.05) is 40.4 Å². The molecule has 3 N–H and O–H groups in total. The van der Waals surface area contributed by atoms with Crippen molar-refractivity contribution < 1.29 is 24.2 Å². The minimum absolute atomic E-state index is 0.107. The Bertz CT molecular complexity index is 1370. The maximum atomic E-state index is 14.0. The number of aromatic nitrogens is 1. The van der Waals surface area contributed by atoms with Crippen molar-refractivity contribution in [3.63, 3.8) is 0 Å². The number of benzene rings is 1. The lowest BCUT2D eigenvalue weighted by atomic mass is 9.54. The van der Waals surface area contributed by atoms with E-state index in [4.69, 9.17) is 4.74 Å². The van der Waals surface area contributed by atoms with Gasteiger partial charge in [-0.05, 0) is 68.4 Å². The Morgan fingerprint density at radius 2 is 1.95 bits per heavy atom. The minimum Gasteiger partial charge on any atom is -0.381 e. The van der Waals surface area contributed by atoms with Crippen LogP contribution in [0.1, 0.15) is 46.1 Å². The van der Waals surface area contributed by atoms with Gasteiger partial charge in [-0.2, -0.15) is 0 Å². The minimum atomic E-state index is -1.28. The van der Waals surface area contributed by atoms with E-state index in [-0.39, 0.29) is 29.8 Å². The zero-order valence-corrected chi connectivity index (χ0v) is 23.0. The van der Waals surface area contributed by atoms with Crippen LogP contribution in [0, 0.1) is 23.2 Å². The third-order valence-electron chi connectivity index (χ3n) is 9.11. The third kappa shape index (κ3) is 5.06. The van der Waals surface area contributed by atoms with Crippen LogP contribution in [-0.2, 0) is 25.5 Å². The summed E-state index contributed by atoms with van der Waals surface area (Å²) in [5.74, 6) is -1.36. The molecule has 2 heterocycles. The van der Waals surface area contributed by atoms with Crippen molar-refractivity contribution in [1.82, 2.24) is 10.3 Å². The molecule has 2 aliphatic carbocycles. The van der Waals surface area contributed by atoms with E-state index in [9.17, 15) is 19.5 Å². The Hall–Kier alpha value is -3.29. The number of hydrogen-bond donors (Lipinski definition) is 3. The molecular weight excluding hydrogens is 492 g/mol. The number of ether oxygens (including phenoxy) is 1. The number of fused-ring (bicyclic) bond motifs is 4. The zero-order valence-electron chi connectivity index (χ0n) is 23.0. The van der Waals surface area contributed by atoms with Gasteiger partial charge in [-0.1, -0.05) is 50.3 Å². The van der Waals surface area contributed by atoms with Gasteiger partial charge < -0.3 is 20.1 Å². The maximum Gasteiger partial charge on any atom is 0.207 e. The van der Waals surface area contributed by atoms with Crippen molar-refractivity contribution in [3.8, 4) is 0 Å². The van der Waals surface area contributed by atoms with Crippen LogP contribution >= 0.6 is 0 Å². The van der Waals surface area contributed by atoms with E-state index in [1.807, 2.05) is 37.4 Å². The third-order valence-corrected chi connectivity index (χ3v) is 9.11. The lowest BCUT2D eigenvalue weighted by Gasteiger charge is -2.48. The van der Waals surface area contributed by atoms with Crippen molar-refractivity contribution in [3.05, 3.63) is 72.0 Å². The highest BCUT2D eigenvalue weighted by Gasteiger charge is 2.68. The molecule has 5 rings (SSSR count). The number of amides is 1. The first-order valence-electron chi connectivity index (χ1n) is 13.8. The molecule has 1 saturated heterocycles. The van der Waals surface area contributed by atoms with Crippen molar-refractivity contribution in [2.24, 2.45) is 23.2 Å². The van der Waals surface area contributed by atoms with Gasteiger partial charge in [0.2, 0.25) is 6.41 Å². The number of H-pyrrole nitrogens is 1. The van der Waals surface area contributed by atoms with Crippen LogP contribution in [0.4, 0.5) is 0 Å². The van der Waals surface area contributed by atoms with Gasteiger partial charge in [0.1, 0.15) is 6.10 Å². The van der Waals surface area contributed by atoms with Crippen LogP contribution in [-0.4, -0.2) is 51.9 Å². The van der Waals surface area contributed by atoms with Crippen LogP contribution < -0.4 is 5.32 Å². The van der Waals surface area contributed by atoms with Crippen LogP contribution in [0.25, 0.3) is 10.9 Å². The van der Waals surface area contributed by atoms with E-state index in [1.54, 1.807) is 6.92 Å². The van der Waals surface area contributed by atoms with Gasteiger partial charge in [0.05, 0.1) is 11.7 Å². The molecule has 2 fully saturated rings. The van der Waals surface area contributed by atoms with E-state index >= 15 is 0 Å². The predicted molar refractivity (Wildman–Crippen MR) is 150 cm³/mol. The second-order valence-electron chi connectivity index (χ2n) is 12.1. The van der Waals surface area contributed by atoms with E-state index in [1.165, 1.54) is 12.2 Å². The van der Waals surface area contributed by atoms with Crippen LogP contribution in [0.5, 0.6) is 0 Å². The summed E-state index contributed by atoms with van der Waals surface area (Å²) < 4.78 is 6.27. The predicted octanol–water partition coefficient (Wildman–Crippen LogP) is 4.22. The fourth-order valence-electron chi connectivity index (χ4n) is 7.16. The number of epoxide rings is 1. The summed E-state index contributed by atoms with van der Waals surface area (Å²) >= 11 is 0. The summed E-state index contributed by atoms with van der Waals surface area (Å²) in [7, 11) is 0. The molecule has 8 atom stereocenters. The van der Waals surface area contributed by atoms with E-state index < -0.39 is 28.8 Å². The highest BCUT2D eigenvalue weighted by molar-refractivity contribution is 6.02. The fraction of sp³-hybridized carbons (Fsp3) is 0.469. The first-order valence-corrected chi connectivity index (χ1v) is 13.8. The molecule has 3 aliphatic rings. The highest BCUT2D eigenvalue weighted by atomic mass is 16.6. The molecule has 1 aromatic heterocycles. The van der Waals surface area contributed by atoms with Gasteiger partial charge in [-0.15, -0.1) is 0 Å². The Balaban J connectivity index is 1.58. The van der Waals surface area contributed by atoms with Gasteiger partial charge in [0.25, 0.3) is 0 Å². The van der Waals surface area contributed by atoms with Crippen molar-refractivity contribution in [2.75, 3.05) is 0 Å². The molecule has 39 heavy (non-hydrogen) atoms. The van der Waals surface area contributed by atoms with Gasteiger partial charge >= 0.3 is 0 Å².